The molecule has 0 amide bonds. The van der Waals surface area contributed by atoms with Gasteiger partial charge in [-0.2, -0.15) is 0 Å². The highest BCUT2D eigenvalue weighted by molar-refractivity contribution is 7.09. The van der Waals surface area contributed by atoms with Gasteiger partial charge < -0.3 is 0 Å². The highest BCUT2D eigenvalue weighted by Gasteiger charge is 2.04. The molecule has 0 spiro atoms. The zero-order chi connectivity index (χ0) is 13.5. The minimum absolute atomic E-state index is 0.348. The van der Waals surface area contributed by atoms with Crippen LogP contribution in [0, 0.1) is 0 Å². The Morgan fingerprint density at radius 1 is 1.11 bits per heavy atom. The molecule has 0 aliphatic heterocycles. The van der Waals surface area contributed by atoms with E-state index in [0.717, 1.165) is 24.8 Å². The largest absolute Gasteiger partial charge is 0.299 e. The lowest BCUT2D eigenvalue weighted by molar-refractivity contribution is -0.118. The molecule has 2 rings (SSSR count). The number of thiophene rings is 1. The molecular formula is C17H20OS. The van der Waals surface area contributed by atoms with Gasteiger partial charge >= 0.3 is 0 Å². The Morgan fingerprint density at radius 3 is 2.47 bits per heavy atom. The quantitative estimate of drug-likeness (QED) is 0.728. The van der Waals surface area contributed by atoms with E-state index in [-0.39, 0.29) is 0 Å². The molecule has 19 heavy (non-hydrogen) atoms. The summed E-state index contributed by atoms with van der Waals surface area (Å²) in [5.41, 5.74) is 2.47. The minimum Gasteiger partial charge on any atom is -0.299 e. The Kier molecular flexibility index (Phi) is 5.34. The van der Waals surface area contributed by atoms with Crippen LogP contribution in [0.25, 0.3) is 0 Å². The second kappa shape index (κ2) is 7.25. The molecule has 0 fully saturated rings. The third kappa shape index (κ3) is 4.64. The van der Waals surface area contributed by atoms with Crippen molar-refractivity contribution in [1.29, 1.82) is 0 Å². The molecule has 100 valence electrons. The topological polar surface area (TPSA) is 17.1 Å². The number of hydrogen-bond acceptors (Lipinski definition) is 2. The van der Waals surface area contributed by atoms with Crippen LogP contribution in [0.15, 0.2) is 41.8 Å². The molecule has 0 saturated carbocycles. The van der Waals surface area contributed by atoms with Crippen molar-refractivity contribution < 1.29 is 4.79 Å². The van der Waals surface area contributed by atoms with Crippen LogP contribution in [0.1, 0.15) is 35.8 Å². The first-order valence-electron chi connectivity index (χ1n) is 6.90. The van der Waals surface area contributed by atoms with Crippen molar-refractivity contribution in [2.45, 2.75) is 39.0 Å². The van der Waals surface area contributed by atoms with E-state index < -0.39 is 0 Å². The summed E-state index contributed by atoms with van der Waals surface area (Å²) in [4.78, 5) is 13.3. The van der Waals surface area contributed by atoms with Gasteiger partial charge in [-0.3, -0.25) is 4.79 Å². The molecule has 0 atom stereocenters. The molecule has 0 N–H and O–H groups in total. The fourth-order valence-electron chi connectivity index (χ4n) is 2.12. The average molecular weight is 272 g/mol. The van der Waals surface area contributed by atoms with Gasteiger partial charge in [0.15, 0.2) is 0 Å². The van der Waals surface area contributed by atoms with Crippen LogP contribution in [0.5, 0.6) is 0 Å². The van der Waals surface area contributed by atoms with E-state index in [4.69, 9.17) is 0 Å². The van der Waals surface area contributed by atoms with Crippen LogP contribution in [0.3, 0.4) is 0 Å². The van der Waals surface area contributed by atoms with Crippen molar-refractivity contribution in [3.63, 3.8) is 0 Å². The number of ketones is 1. The van der Waals surface area contributed by atoms with Crippen molar-refractivity contribution in [3.8, 4) is 0 Å². The Bertz CT molecular complexity index is 497. The third-order valence-corrected chi connectivity index (χ3v) is 4.23. The molecule has 2 aromatic rings. The van der Waals surface area contributed by atoms with Gasteiger partial charge in [-0.05, 0) is 41.8 Å². The second-order valence-electron chi connectivity index (χ2n) is 4.82. The summed E-state index contributed by atoms with van der Waals surface area (Å²) in [5, 5.41) is 2.09. The maximum atomic E-state index is 11.9. The first-order chi connectivity index (χ1) is 9.28. The smallest absolute Gasteiger partial charge is 0.137 e. The number of aryl methyl sites for hydroxylation is 2. The molecule has 0 aliphatic carbocycles. The molecule has 2 heteroatoms. The fraction of sp³-hybridized carbons (Fsp3) is 0.353. The molecule has 0 aliphatic rings. The van der Waals surface area contributed by atoms with E-state index >= 15 is 0 Å². The third-order valence-electron chi connectivity index (χ3n) is 3.29. The highest BCUT2D eigenvalue weighted by atomic mass is 32.1. The number of carbonyl (C=O) groups is 1. The van der Waals surface area contributed by atoms with Crippen molar-refractivity contribution >= 4 is 17.1 Å². The summed E-state index contributed by atoms with van der Waals surface area (Å²) in [6.07, 6.45) is 4.31. The number of benzene rings is 1. The summed E-state index contributed by atoms with van der Waals surface area (Å²) in [5.74, 6) is 0.348. The molecule has 1 heterocycles. The minimum atomic E-state index is 0.348. The van der Waals surface area contributed by atoms with E-state index in [1.807, 2.05) is 0 Å². The summed E-state index contributed by atoms with van der Waals surface area (Å²) in [7, 11) is 0. The van der Waals surface area contributed by atoms with Gasteiger partial charge in [-0.1, -0.05) is 37.3 Å². The molecule has 0 saturated heterocycles. The van der Waals surface area contributed by atoms with Crippen LogP contribution in [-0.4, -0.2) is 5.78 Å². The first-order valence-corrected chi connectivity index (χ1v) is 7.78. The highest BCUT2D eigenvalue weighted by Crippen LogP contribution is 2.13. The summed E-state index contributed by atoms with van der Waals surface area (Å²) in [6.45, 7) is 2.14. The SMILES string of the molecule is CCc1ccc(CC(=O)CCCc2cccs2)cc1. The van der Waals surface area contributed by atoms with E-state index in [1.165, 1.54) is 10.4 Å². The van der Waals surface area contributed by atoms with Crippen LogP contribution in [-0.2, 0) is 24.1 Å². The summed E-state index contributed by atoms with van der Waals surface area (Å²) >= 11 is 1.77. The summed E-state index contributed by atoms with van der Waals surface area (Å²) < 4.78 is 0. The van der Waals surface area contributed by atoms with Crippen LogP contribution in [0.4, 0.5) is 0 Å². The number of carbonyl (C=O) groups excluding carboxylic acids is 1. The fourth-order valence-corrected chi connectivity index (χ4v) is 2.87. The normalized spacial score (nSPS) is 10.6. The monoisotopic (exact) mass is 272 g/mol. The van der Waals surface area contributed by atoms with Gasteiger partial charge in [0.25, 0.3) is 0 Å². The van der Waals surface area contributed by atoms with Gasteiger partial charge in [0.1, 0.15) is 5.78 Å². The predicted octanol–water partition coefficient (Wildman–Crippen LogP) is 4.45. The molecule has 0 radical (unpaired) electrons. The Balaban J connectivity index is 1.74. The van der Waals surface area contributed by atoms with Crippen molar-refractivity contribution in [2.75, 3.05) is 0 Å². The van der Waals surface area contributed by atoms with Crippen LogP contribution in [0.2, 0.25) is 0 Å². The molecular weight excluding hydrogens is 252 g/mol. The maximum Gasteiger partial charge on any atom is 0.137 e. The van der Waals surface area contributed by atoms with Crippen LogP contribution >= 0.6 is 11.3 Å². The van der Waals surface area contributed by atoms with Gasteiger partial charge in [0, 0.05) is 17.7 Å². The molecule has 1 nitrogen and oxygen atoms in total. The first kappa shape index (κ1) is 14.0. The number of rotatable bonds is 7. The van der Waals surface area contributed by atoms with Crippen molar-refractivity contribution in [1.82, 2.24) is 0 Å². The average Bonchev–Trinajstić information content (AvgIpc) is 2.93. The Labute approximate surface area is 119 Å². The van der Waals surface area contributed by atoms with Gasteiger partial charge in [-0.15, -0.1) is 11.3 Å². The van der Waals surface area contributed by atoms with E-state index in [9.17, 15) is 4.79 Å². The number of hydrogen-bond donors (Lipinski definition) is 0. The Hall–Kier alpha value is -1.41. The molecule has 0 unspecified atom stereocenters. The zero-order valence-electron chi connectivity index (χ0n) is 11.4. The maximum absolute atomic E-state index is 11.9. The lowest BCUT2D eigenvalue weighted by atomic mass is 10.0. The van der Waals surface area contributed by atoms with Crippen LogP contribution < -0.4 is 0 Å². The second-order valence-corrected chi connectivity index (χ2v) is 5.85. The molecule has 1 aromatic carbocycles. The van der Waals surface area contributed by atoms with E-state index in [2.05, 4.69) is 48.7 Å². The standard InChI is InChI=1S/C17H20OS/c1-2-14-8-10-15(11-9-14)13-16(18)5-3-6-17-7-4-12-19-17/h4,7-12H,2-3,5-6,13H2,1H3. The lowest BCUT2D eigenvalue weighted by Crippen LogP contribution is -2.03. The lowest BCUT2D eigenvalue weighted by Gasteiger charge is -2.03. The van der Waals surface area contributed by atoms with Gasteiger partial charge in [0.05, 0.1) is 0 Å². The predicted molar refractivity (Wildman–Crippen MR) is 81.8 cm³/mol. The summed E-state index contributed by atoms with van der Waals surface area (Å²) in [6, 6.07) is 12.6. The molecule has 0 bridgehead atoms. The Morgan fingerprint density at radius 2 is 1.84 bits per heavy atom. The van der Waals surface area contributed by atoms with Crippen molar-refractivity contribution in [3.05, 3.63) is 57.8 Å². The van der Waals surface area contributed by atoms with E-state index in [1.54, 1.807) is 11.3 Å². The number of Topliss-reactive ketones (excluding diaryl/α,β-unsaturated/α-hetero) is 1. The zero-order valence-corrected chi connectivity index (χ0v) is 12.2. The molecule has 1 aromatic heterocycles. The van der Waals surface area contributed by atoms with Gasteiger partial charge in [0.2, 0.25) is 0 Å². The van der Waals surface area contributed by atoms with Gasteiger partial charge in [-0.25, -0.2) is 0 Å². The van der Waals surface area contributed by atoms with E-state index in [0.29, 0.717) is 18.6 Å². The van der Waals surface area contributed by atoms with Crippen molar-refractivity contribution in [2.24, 2.45) is 0 Å².